The molecule has 1 aromatic carbocycles. The molecule has 0 saturated carbocycles. The monoisotopic (exact) mass is 277 g/mol. The zero-order chi connectivity index (χ0) is 13.2. The highest BCUT2D eigenvalue weighted by molar-refractivity contribution is 8.13. The van der Waals surface area contributed by atoms with E-state index in [1.807, 2.05) is 0 Å². The van der Waals surface area contributed by atoms with Crippen LogP contribution >= 0.6 is 10.7 Å². The maximum Gasteiger partial charge on any atom is 0.281 e. The lowest BCUT2D eigenvalue weighted by molar-refractivity contribution is -0.385. The molecule has 0 aliphatic rings. The van der Waals surface area contributed by atoms with Crippen molar-refractivity contribution in [2.45, 2.75) is 18.2 Å². The Kier molecular flexibility index (Phi) is 3.84. The van der Waals surface area contributed by atoms with Gasteiger partial charge in [0, 0.05) is 16.7 Å². The number of halogens is 1. The first-order chi connectivity index (χ1) is 7.81. The van der Waals surface area contributed by atoms with Gasteiger partial charge in [0.2, 0.25) is 0 Å². The van der Waals surface area contributed by atoms with Crippen LogP contribution in [-0.2, 0) is 15.5 Å². The number of carbonyl (C=O) groups excluding carboxylic acids is 1. The Morgan fingerprint density at radius 1 is 1.47 bits per heavy atom. The molecule has 0 aliphatic carbocycles. The van der Waals surface area contributed by atoms with Crippen molar-refractivity contribution in [3.8, 4) is 0 Å². The van der Waals surface area contributed by atoms with E-state index in [-0.39, 0.29) is 22.4 Å². The van der Waals surface area contributed by atoms with Crippen LogP contribution in [0.15, 0.2) is 17.0 Å². The van der Waals surface area contributed by atoms with E-state index in [1.54, 1.807) is 6.92 Å². The Morgan fingerprint density at radius 3 is 2.41 bits per heavy atom. The fourth-order valence-corrected chi connectivity index (χ4v) is 2.19. The van der Waals surface area contributed by atoms with Crippen LogP contribution in [0.25, 0.3) is 0 Å². The second-order valence-electron chi connectivity index (χ2n) is 3.18. The highest BCUT2D eigenvalue weighted by Gasteiger charge is 2.22. The molecule has 17 heavy (non-hydrogen) atoms. The van der Waals surface area contributed by atoms with Gasteiger partial charge >= 0.3 is 0 Å². The van der Waals surface area contributed by atoms with Gasteiger partial charge in [-0.15, -0.1) is 0 Å². The molecule has 6 nitrogen and oxygen atoms in total. The molecular formula is C9H8ClNO5S. The van der Waals surface area contributed by atoms with Crippen LogP contribution in [0.2, 0.25) is 0 Å². The van der Waals surface area contributed by atoms with Gasteiger partial charge in [0.05, 0.1) is 15.4 Å². The predicted octanol–water partition coefficient (Wildman–Crippen LogP) is 1.90. The molecule has 0 N–H and O–H groups in total. The van der Waals surface area contributed by atoms with Gasteiger partial charge in [-0.25, -0.2) is 8.42 Å². The van der Waals surface area contributed by atoms with Crippen molar-refractivity contribution in [2.24, 2.45) is 0 Å². The predicted molar refractivity (Wildman–Crippen MR) is 60.9 cm³/mol. The van der Waals surface area contributed by atoms with Gasteiger partial charge in [0.25, 0.3) is 14.7 Å². The van der Waals surface area contributed by atoms with Gasteiger partial charge in [-0.05, 0) is 18.1 Å². The topological polar surface area (TPSA) is 94.3 Å². The van der Waals surface area contributed by atoms with Gasteiger partial charge in [-0.2, -0.15) is 0 Å². The van der Waals surface area contributed by atoms with Crippen LogP contribution in [0.5, 0.6) is 0 Å². The molecule has 0 saturated heterocycles. The number of hydrogen-bond donors (Lipinski definition) is 0. The summed E-state index contributed by atoms with van der Waals surface area (Å²) >= 11 is 0. The molecule has 92 valence electrons. The highest BCUT2D eigenvalue weighted by atomic mass is 35.7. The van der Waals surface area contributed by atoms with Crippen molar-refractivity contribution in [3.63, 3.8) is 0 Å². The standard InChI is InChI=1S/C9H8ClNO5S/c1-2-6-3-7(17(10,15)16)4-9(11(13)14)8(6)5-12/h3-5H,2H2,1H3. The second-order valence-corrected chi connectivity index (χ2v) is 5.75. The van der Waals surface area contributed by atoms with Crippen LogP contribution < -0.4 is 0 Å². The van der Waals surface area contributed by atoms with E-state index >= 15 is 0 Å². The summed E-state index contributed by atoms with van der Waals surface area (Å²) in [7, 11) is 1.06. The molecule has 0 radical (unpaired) electrons. The number of aldehydes is 1. The minimum absolute atomic E-state index is 0.124. The smallest absolute Gasteiger partial charge is 0.281 e. The third-order valence-corrected chi connectivity index (χ3v) is 3.53. The van der Waals surface area contributed by atoms with Gasteiger partial charge in [0.1, 0.15) is 0 Å². The second kappa shape index (κ2) is 4.80. The van der Waals surface area contributed by atoms with Crippen molar-refractivity contribution >= 4 is 31.7 Å². The first-order valence-corrected chi connectivity index (χ1v) is 6.83. The molecular weight excluding hydrogens is 270 g/mol. The Labute approximate surface area is 102 Å². The highest BCUT2D eigenvalue weighted by Crippen LogP contribution is 2.27. The lowest BCUT2D eigenvalue weighted by Crippen LogP contribution is -2.02. The number of aryl methyl sites for hydroxylation is 1. The van der Waals surface area contributed by atoms with Crippen LogP contribution in [0.1, 0.15) is 22.8 Å². The minimum atomic E-state index is -4.06. The van der Waals surface area contributed by atoms with E-state index in [4.69, 9.17) is 10.7 Å². The molecule has 0 aliphatic heterocycles. The normalized spacial score (nSPS) is 11.2. The van der Waals surface area contributed by atoms with Crippen LogP contribution in [0.3, 0.4) is 0 Å². The molecule has 0 atom stereocenters. The zero-order valence-electron chi connectivity index (χ0n) is 8.71. The van der Waals surface area contributed by atoms with Crippen LogP contribution in [0.4, 0.5) is 5.69 Å². The maximum atomic E-state index is 11.1. The summed E-state index contributed by atoms with van der Waals surface area (Å²) in [5.74, 6) is 0. The summed E-state index contributed by atoms with van der Waals surface area (Å²) in [6, 6.07) is 1.95. The van der Waals surface area contributed by atoms with Crippen molar-refractivity contribution in [2.75, 3.05) is 0 Å². The van der Waals surface area contributed by atoms with E-state index in [0.29, 0.717) is 6.29 Å². The number of carbonyl (C=O) groups is 1. The zero-order valence-corrected chi connectivity index (χ0v) is 10.3. The molecule has 0 heterocycles. The van der Waals surface area contributed by atoms with Gasteiger partial charge in [0.15, 0.2) is 6.29 Å². The SMILES string of the molecule is CCc1cc(S(=O)(=O)Cl)cc([N+](=O)[O-])c1C=O. The Balaban J connectivity index is 3.69. The number of nitro benzene ring substituents is 1. The molecule has 1 aromatic rings. The Morgan fingerprint density at radius 2 is 2.06 bits per heavy atom. The summed E-state index contributed by atoms with van der Waals surface area (Å²) in [6.45, 7) is 1.65. The third kappa shape index (κ3) is 2.80. The molecule has 8 heteroatoms. The first kappa shape index (κ1) is 13.6. The van der Waals surface area contributed by atoms with Gasteiger partial charge in [-0.1, -0.05) is 6.92 Å². The number of nitrogens with zero attached hydrogens (tertiary/aromatic N) is 1. The van der Waals surface area contributed by atoms with E-state index in [2.05, 4.69) is 0 Å². The van der Waals surface area contributed by atoms with Crippen molar-refractivity contribution in [1.29, 1.82) is 0 Å². The van der Waals surface area contributed by atoms with Crippen LogP contribution in [0, 0.1) is 10.1 Å². The number of benzene rings is 1. The summed E-state index contributed by atoms with van der Waals surface area (Å²) in [5, 5.41) is 10.7. The lowest BCUT2D eigenvalue weighted by atomic mass is 10.0. The van der Waals surface area contributed by atoms with Gasteiger partial charge in [-0.3, -0.25) is 14.9 Å². The first-order valence-electron chi connectivity index (χ1n) is 4.52. The van der Waals surface area contributed by atoms with E-state index in [1.165, 1.54) is 6.07 Å². The summed E-state index contributed by atoms with van der Waals surface area (Å²) in [5.41, 5.74) is -0.409. The summed E-state index contributed by atoms with van der Waals surface area (Å²) in [6.07, 6.45) is 0.622. The van der Waals surface area contributed by atoms with Crippen molar-refractivity contribution in [1.82, 2.24) is 0 Å². The van der Waals surface area contributed by atoms with Crippen LogP contribution in [-0.4, -0.2) is 19.6 Å². The number of hydrogen-bond acceptors (Lipinski definition) is 5. The van der Waals surface area contributed by atoms with Crippen molar-refractivity contribution < 1.29 is 18.1 Å². The molecule has 1 rings (SSSR count). The average Bonchev–Trinajstić information content (AvgIpc) is 2.25. The van der Waals surface area contributed by atoms with E-state index in [0.717, 1.165) is 6.07 Å². The fraction of sp³-hybridized carbons (Fsp3) is 0.222. The van der Waals surface area contributed by atoms with Gasteiger partial charge < -0.3 is 0 Å². The van der Waals surface area contributed by atoms with E-state index < -0.39 is 19.7 Å². The maximum absolute atomic E-state index is 11.1. The Bertz CT molecular complexity index is 581. The van der Waals surface area contributed by atoms with E-state index in [9.17, 15) is 23.3 Å². The lowest BCUT2D eigenvalue weighted by Gasteiger charge is -2.05. The summed E-state index contributed by atoms with van der Waals surface area (Å²) < 4.78 is 22.3. The molecule has 0 spiro atoms. The Hall–Kier alpha value is -1.47. The number of rotatable bonds is 4. The molecule has 0 bridgehead atoms. The molecule has 0 fully saturated rings. The minimum Gasteiger partial charge on any atom is -0.298 e. The average molecular weight is 278 g/mol. The van der Waals surface area contributed by atoms with Crippen molar-refractivity contribution in [3.05, 3.63) is 33.4 Å². The largest absolute Gasteiger partial charge is 0.298 e. The molecule has 0 amide bonds. The quantitative estimate of drug-likeness (QED) is 0.362. The number of nitro groups is 1. The third-order valence-electron chi connectivity index (χ3n) is 2.19. The fourth-order valence-electron chi connectivity index (χ4n) is 1.39. The molecule has 0 unspecified atom stereocenters. The molecule has 0 aromatic heterocycles. The summed E-state index contributed by atoms with van der Waals surface area (Å²) in [4.78, 5) is 20.3.